The van der Waals surface area contributed by atoms with Crippen LogP contribution in [-0.4, -0.2) is 17.6 Å². The molecule has 24 heavy (non-hydrogen) atoms. The second kappa shape index (κ2) is 9.13. The SMILES string of the molecule is CCCC(=O)Nc1cccc(SCC(=O)Nc2ccccc2C)c1. The third-order valence-corrected chi connectivity index (χ3v) is 4.38. The van der Waals surface area contributed by atoms with Crippen LogP contribution in [0.25, 0.3) is 0 Å². The van der Waals surface area contributed by atoms with Gasteiger partial charge >= 0.3 is 0 Å². The van der Waals surface area contributed by atoms with Gasteiger partial charge < -0.3 is 10.6 Å². The fourth-order valence-electron chi connectivity index (χ4n) is 2.16. The Morgan fingerprint density at radius 2 is 1.79 bits per heavy atom. The first-order chi connectivity index (χ1) is 11.6. The minimum atomic E-state index is -0.0466. The van der Waals surface area contributed by atoms with E-state index in [0.717, 1.165) is 28.3 Å². The Bertz CT molecular complexity index is 716. The minimum Gasteiger partial charge on any atom is -0.326 e. The summed E-state index contributed by atoms with van der Waals surface area (Å²) in [5, 5.41) is 5.78. The van der Waals surface area contributed by atoms with E-state index in [4.69, 9.17) is 0 Å². The summed E-state index contributed by atoms with van der Waals surface area (Å²) in [5.74, 6) is 0.285. The molecule has 0 bridgehead atoms. The fourth-order valence-corrected chi connectivity index (χ4v) is 2.92. The van der Waals surface area contributed by atoms with E-state index in [2.05, 4.69) is 10.6 Å². The summed E-state index contributed by atoms with van der Waals surface area (Å²) in [5.41, 5.74) is 2.64. The van der Waals surface area contributed by atoms with E-state index in [1.807, 2.05) is 62.4 Å². The van der Waals surface area contributed by atoms with Gasteiger partial charge in [0.15, 0.2) is 0 Å². The molecule has 0 aliphatic carbocycles. The van der Waals surface area contributed by atoms with Crippen LogP contribution in [0.5, 0.6) is 0 Å². The molecule has 2 aromatic carbocycles. The number of carbonyl (C=O) groups is 2. The highest BCUT2D eigenvalue weighted by Gasteiger charge is 2.06. The van der Waals surface area contributed by atoms with Crippen LogP contribution in [0.2, 0.25) is 0 Å². The Labute approximate surface area is 147 Å². The first-order valence-electron chi connectivity index (χ1n) is 7.96. The first kappa shape index (κ1) is 18.1. The molecule has 5 heteroatoms. The van der Waals surface area contributed by atoms with Gasteiger partial charge in [0.25, 0.3) is 0 Å². The second-order valence-corrected chi connectivity index (χ2v) is 6.53. The van der Waals surface area contributed by atoms with Gasteiger partial charge in [0, 0.05) is 22.7 Å². The molecule has 0 aliphatic heterocycles. The van der Waals surface area contributed by atoms with Crippen molar-refractivity contribution >= 4 is 35.0 Å². The lowest BCUT2D eigenvalue weighted by atomic mass is 10.2. The molecule has 0 unspecified atom stereocenters. The molecule has 0 aromatic heterocycles. The molecule has 0 saturated carbocycles. The van der Waals surface area contributed by atoms with Crippen LogP contribution < -0.4 is 10.6 Å². The van der Waals surface area contributed by atoms with Crippen molar-refractivity contribution in [1.82, 2.24) is 0 Å². The number of amides is 2. The molecule has 2 N–H and O–H groups in total. The van der Waals surface area contributed by atoms with Gasteiger partial charge in [0.05, 0.1) is 5.75 Å². The predicted octanol–water partition coefficient (Wildman–Crippen LogP) is 4.46. The van der Waals surface area contributed by atoms with Crippen LogP contribution in [0.4, 0.5) is 11.4 Å². The molecule has 0 heterocycles. The molecule has 0 atom stereocenters. The van der Waals surface area contributed by atoms with Crippen LogP contribution in [0.3, 0.4) is 0 Å². The molecule has 0 aliphatic rings. The molecule has 2 aromatic rings. The van der Waals surface area contributed by atoms with Crippen molar-refractivity contribution in [1.29, 1.82) is 0 Å². The number of rotatable bonds is 7. The standard InChI is InChI=1S/C19H22N2O2S/c1-3-7-18(22)20-15-9-6-10-16(12-15)24-13-19(23)21-17-11-5-4-8-14(17)2/h4-6,8-12H,3,7,13H2,1-2H3,(H,20,22)(H,21,23). The lowest BCUT2D eigenvalue weighted by molar-refractivity contribution is -0.116. The van der Waals surface area contributed by atoms with Crippen LogP contribution in [-0.2, 0) is 9.59 Å². The largest absolute Gasteiger partial charge is 0.326 e. The number of anilines is 2. The number of carbonyl (C=O) groups excluding carboxylic acids is 2. The van der Waals surface area contributed by atoms with E-state index in [1.165, 1.54) is 11.8 Å². The molecule has 0 spiro atoms. The van der Waals surface area contributed by atoms with Gasteiger partial charge in [-0.25, -0.2) is 0 Å². The summed E-state index contributed by atoms with van der Waals surface area (Å²) in [4.78, 5) is 24.7. The average molecular weight is 342 g/mol. The van der Waals surface area contributed by atoms with Crippen LogP contribution >= 0.6 is 11.8 Å². The van der Waals surface area contributed by atoms with Crippen molar-refractivity contribution in [2.24, 2.45) is 0 Å². The first-order valence-corrected chi connectivity index (χ1v) is 8.95. The highest BCUT2D eigenvalue weighted by molar-refractivity contribution is 8.00. The summed E-state index contributed by atoms with van der Waals surface area (Å²) in [6.07, 6.45) is 1.33. The number of hydrogen-bond donors (Lipinski definition) is 2. The molecular formula is C19H22N2O2S. The molecule has 0 radical (unpaired) electrons. The monoisotopic (exact) mass is 342 g/mol. The Kier molecular flexibility index (Phi) is 6.88. The summed E-state index contributed by atoms with van der Waals surface area (Å²) in [7, 11) is 0. The third-order valence-electron chi connectivity index (χ3n) is 3.38. The summed E-state index contributed by atoms with van der Waals surface area (Å²) in [6, 6.07) is 15.2. The van der Waals surface area contributed by atoms with E-state index in [9.17, 15) is 9.59 Å². The van der Waals surface area contributed by atoms with Crippen molar-refractivity contribution in [3.05, 3.63) is 54.1 Å². The average Bonchev–Trinajstić information content (AvgIpc) is 2.56. The number of thioether (sulfide) groups is 1. The van der Waals surface area contributed by atoms with E-state index in [-0.39, 0.29) is 11.8 Å². The normalized spacial score (nSPS) is 10.2. The highest BCUT2D eigenvalue weighted by Crippen LogP contribution is 2.22. The molecule has 4 nitrogen and oxygen atoms in total. The zero-order valence-electron chi connectivity index (χ0n) is 14.0. The van der Waals surface area contributed by atoms with Gasteiger partial charge in [0.1, 0.15) is 0 Å². The van der Waals surface area contributed by atoms with Crippen LogP contribution in [0, 0.1) is 6.92 Å². The fraction of sp³-hybridized carbons (Fsp3) is 0.263. The van der Waals surface area contributed by atoms with Crippen molar-refractivity contribution in [2.45, 2.75) is 31.6 Å². The lowest BCUT2D eigenvalue weighted by Gasteiger charge is -2.09. The smallest absolute Gasteiger partial charge is 0.234 e. The molecule has 126 valence electrons. The summed E-state index contributed by atoms with van der Waals surface area (Å²) in [6.45, 7) is 3.93. The van der Waals surface area contributed by atoms with E-state index < -0.39 is 0 Å². The molecule has 0 saturated heterocycles. The maximum atomic E-state index is 12.1. The topological polar surface area (TPSA) is 58.2 Å². The van der Waals surface area contributed by atoms with Gasteiger partial charge in [-0.3, -0.25) is 9.59 Å². The Hall–Kier alpha value is -2.27. The van der Waals surface area contributed by atoms with Gasteiger partial charge in [-0.05, 0) is 43.2 Å². The van der Waals surface area contributed by atoms with Crippen molar-refractivity contribution in [2.75, 3.05) is 16.4 Å². The number of aryl methyl sites for hydroxylation is 1. The van der Waals surface area contributed by atoms with E-state index >= 15 is 0 Å². The van der Waals surface area contributed by atoms with Gasteiger partial charge in [-0.15, -0.1) is 11.8 Å². The van der Waals surface area contributed by atoms with Gasteiger partial charge in [-0.1, -0.05) is 31.2 Å². The number of benzene rings is 2. The highest BCUT2D eigenvalue weighted by atomic mass is 32.2. The van der Waals surface area contributed by atoms with E-state index in [0.29, 0.717) is 12.2 Å². The summed E-state index contributed by atoms with van der Waals surface area (Å²) >= 11 is 1.44. The third kappa shape index (κ3) is 5.74. The maximum Gasteiger partial charge on any atom is 0.234 e. The van der Waals surface area contributed by atoms with Crippen molar-refractivity contribution in [3.63, 3.8) is 0 Å². The number of hydrogen-bond acceptors (Lipinski definition) is 3. The molecule has 2 rings (SSSR count). The Morgan fingerprint density at radius 3 is 2.54 bits per heavy atom. The van der Waals surface area contributed by atoms with E-state index in [1.54, 1.807) is 0 Å². The van der Waals surface area contributed by atoms with Crippen LogP contribution in [0.1, 0.15) is 25.3 Å². The Morgan fingerprint density at radius 1 is 1.00 bits per heavy atom. The molecule has 0 fully saturated rings. The van der Waals surface area contributed by atoms with Gasteiger partial charge in [-0.2, -0.15) is 0 Å². The van der Waals surface area contributed by atoms with Crippen LogP contribution in [0.15, 0.2) is 53.4 Å². The molecule has 2 amide bonds. The quantitative estimate of drug-likeness (QED) is 0.730. The van der Waals surface area contributed by atoms with Crippen molar-refractivity contribution < 1.29 is 9.59 Å². The van der Waals surface area contributed by atoms with Crippen molar-refractivity contribution in [3.8, 4) is 0 Å². The second-order valence-electron chi connectivity index (χ2n) is 5.48. The number of para-hydroxylation sites is 1. The molecular weight excluding hydrogens is 320 g/mol. The maximum absolute atomic E-state index is 12.1. The predicted molar refractivity (Wildman–Crippen MR) is 101 cm³/mol. The number of nitrogens with one attached hydrogen (secondary N) is 2. The summed E-state index contributed by atoms with van der Waals surface area (Å²) < 4.78 is 0. The van der Waals surface area contributed by atoms with Gasteiger partial charge in [0.2, 0.25) is 11.8 Å². The lowest BCUT2D eigenvalue weighted by Crippen LogP contribution is -2.14. The Balaban J connectivity index is 1.88. The minimum absolute atomic E-state index is 0.0111. The zero-order valence-corrected chi connectivity index (χ0v) is 14.8. The zero-order chi connectivity index (χ0) is 17.4.